The van der Waals surface area contributed by atoms with Gasteiger partial charge in [0.1, 0.15) is 11.3 Å². The minimum atomic E-state index is -0.356. The van der Waals surface area contributed by atoms with E-state index in [4.69, 9.17) is 4.42 Å². The third kappa shape index (κ3) is 3.13. The molecule has 0 aliphatic carbocycles. The zero-order chi connectivity index (χ0) is 16.6. The van der Waals surface area contributed by atoms with Gasteiger partial charge in [0.25, 0.3) is 0 Å². The monoisotopic (exact) mass is 315 g/mol. The van der Waals surface area contributed by atoms with Crippen LogP contribution in [0.25, 0.3) is 11.0 Å². The number of piperidine rings is 1. The normalized spacial score (nSPS) is 19.3. The van der Waals surface area contributed by atoms with Crippen LogP contribution in [0.2, 0.25) is 0 Å². The highest BCUT2D eigenvalue weighted by atomic mass is 16.4. The smallest absolute Gasteiger partial charge is 0.336 e. The highest BCUT2D eigenvalue weighted by Crippen LogP contribution is 2.35. The van der Waals surface area contributed by atoms with Gasteiger partial charge in [-0.05, 0) is 55.8 Å². The lowest BCUT2D eigenvalue weighted by Crippen LogP contribution is -2.33. The van der Waals surface area contributed by atoms with Crippen LogP contribution in [-0.2, 0) is 13.0 Å². The summed E-state index contributed by atoms with van der Waals surface area (Å²) in [6.07, 6.45) is 3.19. The van der Waals surface area contributed by atoms with E-state index >= 15 is 0 Å². The summed E-state index contributed by atoms with van der Waals surface area (Å²) >= 11 is 0. The second kappa shape index (κ2) is 6.36. The number of fused-ring (bicyclic) bond motifs is 1. The van der Waals surface area contributed by atoms with E-state index in [1.807, 2.05) is 19.9 Å². The first-order valence-electron chi connectivity index (χ1n) is 8.50. The highest BCUT2D eigenvalue weighted by Gasteiger charge is 2.21. The Hall–Kier alpha value is -1.81. The molecule has 3 rings (SSSR count). The lowest BCUT2D eigenvalue weighted by Gasteiger charge is -2.31. The Labute approximate surface area is 136 Å². The molecule has 0 spiro atoms. The molecule has 4 nitrogen and oxygen atoms in total. The topological polar surface area (TPSA) is 53.7 Å². The molecule has 4 heteroatoms. The molecule has 1 atom stereocenters. The van der Waals surface area contributed by atoms with Gasteiger partial charge in [-0.2, -0.15) is 0 Å². The number of phenolic OH excluding ortho intramolecular Hbond substituents is 1. The van der Waals surface area contributed by atoms with E-state index in [9.17, 15) is 9.90 Å². The van der Waals surface area contributed by atoms with Crippen molar-refractivity contribution in [3.05, 3.63) is 39.2 Å². The molecule has 23 heavy (non-hydrogen) atoms. The Morgan fingerprint density at radius 2 is 2.17 bits per heavy atom. The number of aromatic hydroxyl groups is 1. The molecule has 1 saturated heterocycles. The van der Waals surface area contributed by atoms with Gasteiger partial charge in [0.15, 0.2) is 0 Å². The van der Waals surface area contributed by atoms with Gasteiger partial charge in [-0.3, -0.25) is 4.90 Å². The van der Waals surface area contributed by atoms with Gasteiger partial charge in [0.05, 0.1) is 5.39 Å². The molecular weight excluding hydrogens is 290 g/mol. The van der Waals surface area contributed by atoms with Crippen molar-refractivity contribution in [2.45, 2.75) is 46.6 Å². The third-order valence-electron chi connectivity index (χ3n) is 4.92. The van der Waals surface area contributed by atoms with E-state index < -0.39 is 0 Å². The van der Waals surface area contributed by atoms with Crippen LogP contribution in [0, 0.1) is 12.8 Å². The molecule has 0 radical (unpaired) electrons. The van der Waals surface area contributed by atoms with Gasteiger partial charge in [-0.25, -0.2) is 4.79 Å². The number of benzene rings is 1. The molecule has 1 aliphatic rings. The number of rotatable bonds is 3. The molecule has 0 amide bonds. The van der Waals surface area contributed by atoms with Crippen molar-refractivity contribution in [2.75, 3.05) is 13.1 Å². The molecule has 1 aliphatic heterocycles. The molecule has 1 fully saturated rings. The van der Waals surface area contributed by atoms with Gasteiger partial charge in [0.2, 0.25) is 0 Å². The summed E-state index contributed by atoms with van der Waals surface area (Å²) in [5, 5.41) is 11.5. The summed E-state index contributed by atoms with van der Waals surface area (Å²) in [6, 6.07) is 3.38. The van der Waals surface area contributed by atoms with Crippen molar-refractivity contribution < 1.29 is 9.52 Å². The Bertz CT molecular complexity index is 778. The Balaban J connectivity index is 2.06. The summed E-state index contributed by atoms with van der Waals surface area (Å²) in [4.78, 5) is 14.1. The molecule has 124 valence electrons. The number of hydrogen-bond donors (Lipinski definition) is 1. The number of likely N-dealkylation sites (tertiary alicyclic amines) is 1. The zero-order valence-corrected chi connectivity index (χ0v) is 14.2. The van der Waals surface area contributed by atoms with Crippen LogP contribution < -0.4 is 5.63 Å². The number of hydrogen-bond acceptors (Lipinski definition) is 4. The first kappa shape index (κ1) is 16.1. The molecule has 2 heterocycles. The van der Waals surface area contributed by atoms with Crippen molar-refractivity contribution in [1.29, 1.82) is 0 Å². The van der Waals surface area contributed by atoms with E-state index in [0.717, 1.165) is 36.3 Å². The Morgan fingerprint density at radius 1 is 1.39 bits per heavy atom. The predicted octanol–water partition coefficient (Wildman–Crippen LogP) is 3.60. The van der Waals surface area contributed by atoms with Crippen LogP contribution >= 0.6 is 0 Å². The molecule has 1 N–H and O–H groups in total. The first-order chi connectivity index (χ1) is 11.0. The largest absolute Gasteiger partial charge is 0.507 e. The molecule has 1 aromatic carbocycles. The fraction of sp³-hybridized carbons (Fsp3) is 0.526. The van der Waals surface area contributed by atoms with Crippen molar-refractivity contribution >= 4 is 11.0 Å². The van der Waals surface area contributed by atoms with Crippen LogP contribution in [-0.4, -0.2) is 23.1 Å². The SMILES string of the molecule is CCc1cc(=O)oc2cc(C)c(CN3CCC[C@H](C)C3)c(O)c12. The third-order valence-corrected chi connectivity index (χ3v) is 4.92. The fourth-order valence-electron chi connectivity index (χ4n) is 3.69. The van der Waals surface area contributed by atoms with Gasteiger partial charge < -0.3 is 9.52 Å². The maximum Gasteiger partial charge on any atom is 0.336 e. The molecule has 0 bridgehead atoms. The van der Waals surface area contributed by atoms with E-state index in [0.29, 0.717) is 23.3 Å². The highest BCUT2D eigenvalue weighted by molar-refractivity contribution is 5.88. The van der Waals surface area contributed by atoms with E-state index in [-0.39, 0.29) is 11.4 Å². The second-order valence-corrected chi connectivity index (χ2v) is 6.82. The van der Waals surface area contributed by atoms with Gasteiger partial charge >= 0.3 is 5.63 Å². The standard InChI is InChI=1S/C19H25NO3/c1-4-14-9-17(21)23-16-8-13(3)15(19(22)18(14)16)11-20-7-5-6-12(2)10-20/h8-9,12,22H,4-7,10-11H2,1-3H3/t12-/m0/s1. The summed E-state index contributed by atoms with van der Waals surface area (Å²) in [5.41, 5.74) is 2.91. The number of aryl methyl sites for hydroxylation is 2. The minimum Gasteiger partial charge on any atom is -0.507 e. The van der Waals surface area contributed by atoms with Crippen LogP contribution in [0.15, 0.2) is 21.3 Å². The van der Waals surface area contributed by atoms with Crippen molar-refractivity contribution in [1.82, 2.24) is 4.90 Å². The molecular formula is C19H25NO3. The van der Waals surface area contributed by atoms with Gasteiger partial charge in [-0.1, -0.05) is 13.8 Å². The second-order valence-electron chi connectivity index (χ2n) is 6.82. The lowest BCUT2D eigenvalue weighted by atomic mass is 9.96. The van der Waals surface area contributed by atoms with E-state index in [1.54, 1.807) is 0 Å². The Morgan fingerprint density at radius 3 is 2.87 bits per heavy atom. The van der Waals surface area contributed by atoms with E-state index in [2.05, 4.69) is 11.8 Å². The zero-order valence-electron chi connectivity index (χ0n) is 14.2. The summed E-state index contributed by atoms with van der Waals surface area (Å²) in [6.45, 7) is 9.14. The van der Waals surface area contributed by atoms with Crippen molar-refractivity contribution in [3.8, 4) is 5.75 Å². The summed E-state index contributed by atoms with van der Waals surface area (Å²) < 4.78 is 5.30. The quantitative estimate of drug-likeness (QED) is 0.879. The average molecular weight is 315 g/mol. The summed E-state index contributed by atoms with van der Waals surface area (Å²) in [5.74, 6) is 0.981. The van der Waals surface area contributed by atoms with Crippen molar-refractivity contribution in [3.63, 3.8) is 0 Å². The van der Waals surface area contributed by atoms with Crippen LogP contribution in [0.4, 0.5) is 0 Å². The van der Waals surface area contributed by atoms with Crippen LogP contribution in [0.5, 0.6) is 5.75 Å². The fourth-order valence-corrected chi connectivity index (χ4v) is 3.69. The molecule has 0 saturated carbocycles. The van der Waals surface area contributed by atoms with Gasteiger partial charge in [-0.15, -0.1) is 0 Å². The molecule has 0 unspecified atom stereocenters. The van der Waals surface area contributed by atoms with E-state index in [1.165, 1.54) is 18.9 Å². The average Bonchev–Trinajstić information content (AvgIpc) is 2.50. The Kier molecular flexibility index (Phi) is 4.44. The summed E-state index contributed by atoms with van der Waals surface area (Å²) in [7, 11) is 0. The minimum absolute atomic E-state index is 0.277. The van der Waals surface area contributed by atoms with Gasteiger partial charge in [0, 0.05) is 24.7 Å². The maximum atomic E-state index is 11.7. The number of phenols is 1. The molecule has 1 aromatic heterocycles. The predicted molar refractivity (Wildman–Crippen MR) is 91.9 cm³/mol. The maximum absolute atomic E-state index is 11.7. The van der Waals surface area contributed by atoms with Crippen LogP contribution in [0.1, 0.15) is 43.4 Å². The molecule has 2 aromatic rings. The van der Waals surface area contributed by atoms with Crippen LogP contribution in [0.3, 0.4) is 0 Å². The lowest BCUT2D eigenvalue weighted by molar-refractivity contribution is 0.175. The first-order valence-corrected chi connectivity index (χ1v) is 8.50. The number of nitrogens with zero attached hydrogens (tertiary/aromatic N) is 1. The van der Waals surface area contributed by atoms with Crippen molar-refractivity contribution in [2.24, 2.45) is 5.92 Å².